The van der Waals surface area contributed by atoms with Gasteiger partial charge in [0.15, 0.2) is 0 Å². The van der Waals surface area contributed by atoms with Gasteiger partial charge in [-0.05, 0) is 66.3 Å². The second-order valence-corrected chi connectivity index (χ2v) is 11.1. The van der Waals surface area contributed by atoms with Gasteiger partial charge in [0, 0.05) is 37.6 Å². The van der Waals surface area contributed by atoms with Crippen LogP contribution < -0.4 is 0 Å². The van der Waals surface area contributed by atoms with Crippen molar-refractivity contribution < 1.29 is 9.59 Å². The Morgan fingerprint density at radius 2 is 1.68 bits per heavy atom. The first-order chi connectivity index (χ1) is 16.5. The molecule has 0 spiro atoms. The Balaban J connectivity index is 1.34. The molecule has 0 unspecified atom stereocenters. The molecular weight excluding hydrogens is 462 g/mol. The average Bonchev–Trinajstić information content (AvgIpc) is 3.50. The number of hydrogen-bond donors (Lipinski definition) is 0. The summed E-state index contributed by atoms with van der Waals surface area (Å²) in [5.74, 6) is 0.251. The third kappa shape index (κ3) is 4.44. The van der Waals surface area contributed by atoms with Crippen molar-refractivity contribution in [1.29, 1.82) is 0 Å². The molecule has 0 saturated carbocycles. The SMILES string of the molecule is Cc1ccccc1[C@H]1c2ccsc2CCN1[C@H](C)C(=O)N1CCCN(C(=O)c2cccs2)CC1. The van der Waals surface area contributed by atoms with Crippen LogP contribution in [0.5, 0.6) is 0 Å². The second-order valence-electron chi connectivity index (χ2n) is 9.17. The van der Waals surface area contributed by atoms with Crippen molar-refractivity contribution in [3.63, 3.8) is 0 Å². The van der Waals surface area contributed by atoms with Crippen LogP contribution in [0.25, 0.3) is 0 Å². The topological polar surface area (TPSA) is 43.9 Å². The number of benzene rings is 1. The van der Waals surface area contributed by atoms with E-state index in [0.717, 1.165) is 24.3 Å². The second kappa shape index (κ2) is 10.0. The van der Waals surface area contributed by atoms with E-state index in [1.54, 1.807) is 0 Å². The van der Waals surface area contributed by atoms with Crippen molar-refractivity contribution in [1.82, 2.24) is 14.7 Å². The predicted molar refractivity (Wildman–Crippen MR) is 139 cm³/mol. The lowest BCUT2D eigenvalue weighted by atomic mass is 9.89. The van der Waals surface area contributed by atoms with Gasteiger partial charge >= 0.3 is 0 Å². The summed E-state index contributed by atoms with van der Waals surface area (Å²) in [5.41, 5.74) is 3.88. The number of aryl methyl sites for hydroxylation is 1. The van der Waals surface area contributed by atoms with Gasteiger partial charge in [-0.15, -0.1) is 22.7 Å². The van der Waals surface area contributed by atoms with E-state index in [0.29, 0.717) is 26.2 Å². The maximum atomic E-state index is 13.8. The largest absolute Gasteiger partial charge is 0.340 e. The highest BCUT2D eigenvalue weighted by Crippen LogP contribution is 2.40. The van der Waals surface area contributed by atoms with Gasteiger partial charge in [-0.1, -0.05) is 30.3 Å². The summed E-state index contributed by atoms with van der Waals surface area (Å²) >= 11 is 3.30. The molecule has 0 bridgehead atoms. The standard InChI is InChI=1S/C27H31N3O2S2/c1-19-7-3-4-8-21(19)25-22-11-18-34-23(22)10-14-30(25)20(2)26(31)28-12-6-13-29(16-15-28)27(32)24-9-5-17-33-24/h3-5,7-9,11,17-18,20,25H,6,10,12-16H2,1-2H3/t20-,25+/m1/s1. The zero-order valence-corrected chi connectivity index (χ0v) is 21.4. The third-order valence-corrected chi connectivity index (χ3v) is 9.02. The fourth-order valence-electron chi connectivity index (χ4n) is 5.30. The van der Waals surface area contributed by atoms with E-state index in [4.69, 9.17) is 0 Å². The Hall–Kier alpha value is -2.48. The highest BCUT2D eigenvalue weighted by molar-refractivity contribution is 7.12. The van der Waals surface area contributed by atoms with Crippen molar-refractivity contribution in [3.8, 4) is 0 Å². The Labute approximate surface area is 209 Å². The molecule has 5 nitrogen and oxygen atoms in total. The van der Waals surface area contributed by atoms with Gasteiger partial charge in [-0.2, -0.15) is 0 Å². The number of hydrogen-bond acceptors (Lipinski definition) is 5. The lowest BCUT2D eigenvalue weighted by Gasteiger charge is -2.41. The van der Waals surface area contributed by atoms with E-state index < -0.39 is 0 Å². The van der Waals surface area contributed by atoms with Crippen molar-refractivity contribution in [2.24, 2.45) is 0 Å². The molecule has 2 aliphatic rings. The van der Waals surface area contributed by atoms with E-state index in [9.17, 15) is 9.59 Å². The Morgan fingerprint density at radius 1 is 0.882 bits per heavy atom. The van der Waals surface area contributed by atoms with Crippen molar-refractivity contribution in [2.45, 2.75) is 38.8 Å². The fraction of sp³-hybridized carbons (Fsp3) is 0.407. The average molecular weight is 494 g/mol. The molecule has 1 fully saturated rings. The minimum atomic E-state index is -0.225. The molecule has 7 heteroatoms. The van der Waals surface area contributed by atoms with Crippen LogP contribution in [0.3, 0.4) is 0 Å². The van der Waals surface area contributed by atoms with Crippen LogP contribution in [-0.4, -0.2) is 65.3 Å². The number of thiophene rings is 2. The van der Waals surface area contributed by atoms with Crippen molar-refractivity contribution >= 4 is 34.5 Å². The lowest BCUT2D eigenvalue weighted by molar-refractivity contribution is -0.137. The lowest BCUT2D eigenvalue weighted by Crippen LogP contribution is -2.51. The summed E-state index contributed by atoms with van der Waals surface area (Å²) in [6.45, 7) is 7.67. The monoisotopic (exact) mass is 493 g/mol. The molecule has 2 aliphatic heterocycles. The van der Waals surface area contributed by atoms with Crippen molar-refractivity contribution in [2.75, 3.05) is 32.7 Å². The van der Waals surface area contributed by atoms with E-state index in [1.165, 1.54) is 32.9 Å². The summed E-state index contributed by atoms with van der Waals surface area (Å²) in [4.78, 5) is 35.0. The molecule has 0 N–H and O–H groups in total. The molecule has 2 aromatic heterocycles. The van der Waals surface area contributed by atoms with E-state index in [-0.39, 0.29) is 23.9 Å². The van der Waals surface area contributed by atoms with Gasteiger partial charge in [0.25, 0.3) is 5.91 Å². The zero-order valence-electron chi connectivity index (χ0n) is 19.8. The molecule has 178 valence electrons. The normalized spacial score (nSPS) is 20.0. The fourth-order valence-corrected chi connectivity index (χ4v) is 6.89. The van der Waals surface area contributed by atoms with Crippen LogP contribution in [0.15, 0.2) is 53.2 Å². The number of fused-ring (bicyclic) bond motifs is 1. The summed E-state index contributed by atoms with van der Waals surface area (Å²) in [6, 6.07) is 14.4. The van der Waals surface area contributed by atoms with Crippen LogP contribution in [0.2, 0.25) is 0 Å². The molecule has 2 atom stereocenters. The van der Waals surface area contributed by atoms with E-state index in [1.807, 2.05) is 38.6 Å². The highest BCUT2D eigenvalue weighted by atomic mass is 32.1. The number of amides is 2. The maximum absolute atomic E-state index is 13.8. The molecule has 34 heavy (non-hydrogen) atoms. The maximum Gasteiger partial charge on any atom is 0.263 e. The third-order valence-electron chi connectivity index (χ3n) is 7.17. The summed E-state index contributed by atoms with van der Waals surface area (Å²) in [5, 5.41) is 4.12. The van der Waals surface area contributed by atoms with Gasteiger partial charge in [0.1, 0.15) is 0 Å². The molecule has 0 radical (unpaired) electrons. The van der Waals surface area contributed by atoms with Gasteiger partial charge in [0.05, 0.1) is 17.0 Å². The molecule has 0 aliphatic carbocycles. The van der Waals surface area contributed by atoms with Gasteiger partial charge in [-0.25, -0.2) is 0 Å². The Kier molecular flexibility index (Phi) is 6.86. The van der Waals surface area contributed by atoms with Crippen LogP contribution in [0.1, 0.15) is 50.6 Å². The number of nitrogens with zero attached hydrogens (tertiary/aromatic N) is 3. The minimum Gasteiger partial charge on any atom is -0.340 e. The molecular formula is C27H31N3O2S2. The van der Waals surface area contributed by atoms with Crippen LogP contribution in [0, 0.1) is 6.92 Å². The van der Waals surface area contributed by atoms with E-state index in [2.05, 4.69) is 54.5 Å². The molecule has 3 aromatic rings. The zero-order chi connectivity index (χ0) is 23.7. The van der Waals surface area contributed by atoms with Crippen LogP contribution in [0.4, 0.5) is 0 Å². The highest BCUT2D eigenvalue weighted by Gasteiger charge is 2.37. The Morgan fingerprint density at radius 3 is 2.47 bits per heavy atom. The van der Waals surface area contributed by atoms with Gasteiger partial charge in [-0.3, -0.25) is 14.5 Å². The Bertz CT molecular complexity index is 1160. The summed E-state index contributed by atoms with van der Waals surface area (Å²) in [6.07, 6.45) is 1.79. The summed E-state index contributed by atoms with van der Waals surface area (Å²) < 4.78 is 0. The molecule has 1 saturated heterocycles. The quantitative estimate of drug-likeness (QED) is 0.523. The van der Waals surface area contributed by atoms with Crippen LogP contribution >= 0.6 is 22.7 Å². The number of carbonyl (C=O) groups is 2. The van der Waals surface area contributed by atoms with E-state index >= 15 is 0 Å². The predicted octanol–water partition coefficient (Wildman–Crippen LogP) is 4.83. The number of carbonyl (C=O) groups excluding carboxylic acids is 2. The number of rotatable bonds is 4. The molecule has 1 aromatic carbocycles. The minimum absolute atomic E-state index is 0.0815. The van der Waals surface area contributed by atoms with Gasteiger partial charge in [0.2, 0.25) is 5.91 Å². The smallest absolute Gasteiger partial charge is 0.263 e. The molecule has 5 rings (SSSR count). The van der Waals surface area contributed by atoms with Crippen molar-refractivity contribution in [3.05, 3.63) is 79.7 Å². The van der Waals surface area contributed by atoms with Crippen LogP contribution in [-0.2, 0) is 11.2 Å². The van der Waals surface area contributed by atoms with Gasteiger partial charge < -0.3 is 9.80 Å². The molecule has 2 amide bonds. The first kappa shape index (κ1) is 23.3. The first-order valence-electron chi connectivity index (χ1n) is 12.0. The first-order valence-corrected chi connectivity index (χ1v) is 13.8. The summed E-state index contributed by atoms with van der Waals surface area (Å²) in [7, 11) is 0. The molecule has 4 heterocycles.